The van der Waals surface area contributed by atoms with E-state index < -0.39 is 15.8 Å². The Balaban J connectivity index is 2.21. The third kappa shape index (κ3) is 2.81. The smallest absolute Gasteiger partial charge is 0.243 e. The first-order valence-corrected chi connectivity index (χ1v) is 8.21. The summed E-state index contributed by atoms with van der Waals surface area (Å²) in [6, 6.07) is 2.33. The van der Waals surface area contributed by atoms with Crippen molar-refractivity contribution in [1.29, 1.82) is 0 Å². The van der Waals surface area contributed by atoms with E-state index in [-0.39, 0.29) is 16.0 Å². The molecule has 0 amide bonds. The lowest BCUT2D eigenvalue weighted by Gasteiger charge is -2.20. The van der Waals surface area contributed by atoms with Crippen LogP contribution < -0.4 is 10.5 Å². The first-order chi connectivity index (χ1) is 9.18. The van der Waals surface area contributed by atoms with E-state index in [0.29, 0.717) is 18.0 Å². The number of aryl methyl sites for hydroxylation is 1. The van der Waals surface area contributed by atoms with Crippen LogP contribution in [0, 0.1) is 24.1 Å². The second-order valence-corrected chi connectivity index (χ2v) is 7.72. The molecule has 0 saturated heterocycles. The molecule has 1 aliphatic carbocycles. The highest BCUT2D eigenvalue weighted by Gasteiger charge is 2.45. The number of nitrogens with one attached hydrogen (secondary N) is 1. The zero-order valence-electron chi connectivity index (χ0n) is 12.0. The summed E-state index contributed by atoms with van der Waals surface area (Å²) in [6.07, 6.45) is 2.01. The van der Waals surface area contributed by atoms with Crippen molar-refractivity contribution in [2.75, 3.05) is 12.3 Å². The fraction of sp³-hybridized carbons (Fsp3) is 0.571. The Kier molecular flexibility index (Phi) is 3.81. The molecule has 0 heterocycles. The second-order valence-electron chi connectivity index (χ2n) is 5.98. The van der Waals surface area contributed by atoms with Crippen molar-refractivity contribution in [3.05, 3.63) is 23.5 Å². The summed E-state index contributed by atoms with van der Waals surface area (Å²) >= 11 is 0. The van der Waals surface area contributed by atoms with Crippen molar-refractivity contribution in [2.45, 2.75) is 38.5 Å². The third-order valence-corrected chi connectivity index (χ3v) is 5.76. The van der Waals surface area contributed by atoms with E-state index in [1.807, 2.05) is 0 Å². The van der Waals surface area contributed by atoms with Crippen LogP contribution in [-0.4, -0.2) is 15.0 Å². The molecule has 20 heavy (non-hydrogen) atoms. The van der Waals surface area contributed by atoms with Crippen LogP contribution in [0.3, 0.4) is 0 Å². The van der Waals surface area contributed by atoms with Gasteiger partial charge in [0.1, 0.15) is 10.7 Å². The average Bonchev–Trinajstić information content (AvgIpc) is 3.12. The number of anilines is 1. The Hall–Kier alpha value is -1.14. The van der Waals surface area contributed by atoms with Crippen molar-refractivity contribution in [1.82, 2.24) is 4.72 Å². The third-order valence-electron chi connectivity index (χ3n) is 4.34. The topological polar surface area (TPSA) is 72.2 Å². The summed E-state index contributed by atoms with van der Waals surface area (Å²) < 4.78 is 40.8. The quantitative estimate of drug-likeness (QED) is 0.820. The van der Waals surface area contributed by atoms with Crippen molar-refractivity contribution >= 4 is 15.7 Å². The van der Waals surface area contributed by atoms with E-state index in [0.717, 1.165) is 18.9 Å². The van der Waals surface area contributed by atoms with Crippen molar-refractivity contribution in [3.63, 3.8) is 0 Å². The predicted octanol–water partition coefficient (Wildman–Crippen LogP) is 2.43. The molecule has 4 nitrogen and oxygen atoms in total. The Labute approximate surface area is 119 Å². The van der Waals surface area contributed by atoms with Gasteiger partial charge in [0.05, 0.1) is 0 Å². The van der Waals surface area contributed by atoms with Gasteiger partial charge >= 0.3 is 0 Å². The summed E-state index contributed by atoms with van der Waals surface area (Å²) in [5.41, 5.74) is 6.50. The summed E-state index contributed by atoms with van der Waals surface area (Å²) in [5.74, 6) is -0.364. The molecule has 1 aliphatic rings. The molecular formula is C14H21FN2O2S. The zero-order chi connectivity index (χ0) is 15.1. The molecule has 1 aromatic carbocycles. The molecule has 0 bridgehead atoms. The van der Waals surface area contributed by atoms with Gasteiger partial charge in [-0.1, -0.05) is 13.8 Å². The number of nitrogen functional groups attached to an aromatic ring is 1. The van der Waals surface area contributed by atoms with Gasteiger partial charge in [0, 0.05) is 12.2 Å². The summed E-state index contributed by atoms with van der Waals surface area (Å²) in [4.78, 5) is -0.375. The predicted molar refractivity (Wildman–Crippen MR) is 77.2 cm³/mol. The molecule has 1 fully saturated rings. The molecule has 1 aromatic rings. The van der Waals surface area contributed by atoms with Crippen molar-refractivity contribution in [2.24, 2.45) is 11.3 Å². The van der Waals surface area contributed by atoms with Crippen molar-refractivity contribution in [3.8, 4) is 0 Å². The van der Waals surface area contributed by atoms with Crippen LogP contribution in [0.4, 0.5) is 10.1 Å². The van der Waals surface area contributed by atoms with E-state index in [4.69, 9.17) is 5.73 Å². The fourth-order valence-corrected chi connectivity index (χ4v) is 3.54. The standard InChI is InChI=1S/C14H21FN2O2S/c1-9(2)14(4-5-14)8-17-20(18,19)13-7-12(16)10(3)6-11(13)15/h6-7,9,17H,4-5,8,16H2,1-3H3. The molecule has 6 heteroatoms. The van der Waals surface area contributed by atoms with Crippen LogP contribution in [-0.2, 0) is 10.0 Å². The van der Waals surface area contributed by atoms with Crippen LogP contribution in [0.15, 0.2) is 17.0 Å². The largest absolute Gasteiger partial charge is 0.398 e. The summed E-state index contributed by atoms with van der Waals surface area (Å²) in [6.45, 7) is 6.14. The molecule has 2 rings (SSSR count). The normalized spacial score (nSPS) is 17.4. The number of hydrogen-bond acceptors (Lipinski definition) is 3. The number of nitrogens with two attached hydrogens (primary N) is 1. The van der Waals surface area contributed by atoms with Gasteiger partial charge in [0.25, 0.3) is 0 Å². The molecule has 0 aliphatic heterocycles. The van der Waals surface area contributed by atoms with Crippen LogP contribution in [0.1, 0.15) is 32.3 Å². The van der Waals surface area contributed by atoms with Crippen molar-refractivity contribution < 1.29 is 12.8 Å². The lowest BCUT2D eigenvalue weighted by molar-refractivity contribution is 0.357. The highest BCUT2D eigenvalue weighted by atomic mass is 32.2. The van der Waals surface area contributed by atoms with Gasteiger partial charge < -0.3 is 5.73 Å². The molecule has 1 saturated carbocycles. The van der Waals surface area contributed by atoms with Crippen LogP contribution in [0.2, 0.25) is 0 Å². The maximum absolute atomic E-state index is 13.8. The molecular weight excluding hydrogens is 279 g/mol. The maximum Gasteiger partial charge on any atom is 0.243 e. The van der Waals surface area contributed by atoms with Crippen LogP contribution in [0.25, 0.3) is 0 Å². The Bertz CT molecular complexity index is 622. The van der Waals surface area contributed by atoms with Gasteiger partial charge in [-0.3, -0.25) is 0 Å². The number of benzene rings is 1. The van der Waals surface area contributed by atoms with Gasteiger partial charge in [-0.2, -0.15) is 0 Å². The van der Waals surface area contributed by atoms with Gasteiger partial charge in [-0.25, -0.2) is 17.5 Å². The first kappa shape index (κ1) is 15.3. The molecule has 0 atom stereocenters. The molecule has 112 valence electrons. The zero-order valence-corrected chi connectivity index (χ0v) is 12.8. The minimum atomic E-state index is -3.86. The van der Waals surface area contributed by atoms with E-state index in [1.54, 1.807) is 6.92 Å². The monoisotopic (exact) mass is 300 g/mol. The van der Waals surface area contributed by atoms with Gasteiger partial charge in [0.2, 0.25) is 10.0 Å². The van der Waals surface area contributed by atoms with Crippen LogP contribution >= 0.6 is 0 Å². The fourth-order valence-electron chi connectivity index (χ4n) is 2.31. The van der Waals surface area contributed by atoms with Gasteiger partial charge in [-0.15, -0.1) is 0 Å². The Morgan fingerprint density at radius 1 is 1.40 bits per heavy atom. The lowest BCUT2D eigenvalue weighted by atomic mass is 9.93. The minimum Gasteiger partial charge on any atom is -0.398 e. The highest BCUT2D eigenvalue weighted by Crippen LogP contribution is 2.51. The maximum atomic E-state index is 13.8. The first-order valence-electron chi connectivity index (χ1n) is 6.73. The van der Waals surface area contributed by atoms with Gasteiger partial charge in [0.15, 0.2) is 0 Å². The second kappa shape index (κ2) is 5.00. The van der Waals surface area contributed by atoms with E-state index in [1.165, 1.54) is 6.07 Å². The highest BCUT2D eigenvalue weighted by molar-refractivity contribution is 7.89. The summed E-state index contributed by atoms with van der Waals surface area (Å²) in [7, 11) is -3.86. The Morgan fingerprint density at radius 3 is 2.50 bits per heavy atom. The van der Waals surface area contributed by atoms with Gasteiger partial charge in [-0.05, 0) is 48.8 Å². The number of halogens is 1. The molecule has 0 radical (unpaired) electrons. The SMILES string of the molecule is Cc1cc(F)c(S(=O)(=O)NCC2(C(C)C)CC2)cc1N. The minimum absolute atomic E-state index is 0.0276. The Morgan fingerprint density at radius 2 is 2.00 bits per heavy atom. The van der Waals surface area contributed by atoms with E-state index in [2.05, 4.69) is 18.6 Å². The number of rotatable bonds is 5. The summed E-state index contributed by atoms with van der Waals surface area (Å²) in [5, 5.41) is 0. The average molecular weight is 300 g/mol. The lowest BCUT2D eigenvalue weighted by Crippen LogP contribution is -2.33. The number of sulfonamides is 1. The molecule has 0 aromatic heterocycles. The molecule has 3 N–H and O–H groups in total. The van der Waals surface area contributed by atoms with E-state index in [9.17, 15) is 12.8 Å². The number of hydrogen-bond donors (Lipinski definition) is 2. The van der Waals surface area contributed by atoms with E-state index >= 15 is 0 Å². The molecule has 0 unspecified atom stereocenters. The molecule has 0 spiro atoms. The van der Waals surface area contributed by atoms with Crippen LogP contribution in [0.5, 0.6) is 0 Å².